The number of hydrogen-bond acceptors (Lipinski definition) is 0. The topological polar surface area (TPSA) is 28.2 Å². The molecule has 2 nitrogen and oxygen atoms in total. The molecular formula is C44H58N2PZr-5. The van der Waals surface area contributed by atoms with Crippen molar-refractivity contribution in [3.63, 3.8) is 0 Å². The van der Waals surface area contributed by atoms with Gasteiger partial charge in [0, 0.05) is 26.2 Å². The van der Waals surface area contributed by atoms with Gasteiger partial charge in [-0.3, -0.25) is 0 Å². The predicted molar refractivity (Wildman–Crippen MR) is 209 cm³/mol. The van der Waals surface area contributed by atoms with Crippen LogP contribution in [-0.4, -0.2) is 23.3 Å². The first kappa shape index (κ1) is 41.9. The van der Waals surface area contributed by atoms with Crippen molar-refractivity contribution in [3.05, 3.63) is 175 Å². The normalized spacial score (nSPS) is 15.3. The molecular weight excluding hydrogens is 679 g/mol. The van der Waals surface area contributed by atoms with E-state index in [9.17, 15) is 0 Å². The molecule has 6 rings (SSSR count). The summed E-state index contributed by atoms with van der Waals surface area (Å²) in [5.41, 5.74) is 6.37. The van der Waals surface area contributed by atoms with E-state index in [1.165, 1.54) is 69.8 Å². The Balaban J connectivity index is 0.000000292. The quantitative estimate of drug-likeness (QED) is 0.127. The van der Waals surface area contributed by atoms with Crippen molar-refractivity contribution in [1.29, 1.82) is 0 Å². The molecule has 0 spiro atoms. The minimum atomic E-state index is -0.123. The fourth-order valence-electron chi connectivity index (χ4n) is 6.12. The molecule has 2 fully saturated rings. The summed E-state index contributed by atoms with van der Waals surface area (Å²) in [7, 11) is -0.123. The fourth-order valence-corrected chi connectivity index (χ4v) is 10.1. The molecule has 258 valence electrons. The minimum Gasteiger partial charge on any atom is -0.672 e. The maximum absolute atomic E-state index is 5.25. The number of hydrogen-bond donors (Lipinski definition) is 0. The Kier molecular flexibility index (Phi) is 22.4. The van der Waals surface area contributed by atoms with E-state index >= 15 is 0 Å². The Morgan fingerprint density at radius 2 is 0.875 bits per heavy atom. The van der Waals surface area contributed by atoms with Crippen molar-refractivity contribution in [1.82, 2.24) is 0 Å². The van der Waals surface area contributed by atoms with E-state index in [0.717, 1.165) is 34.6 Å². The molecule has 4 heteroatoms. The van der Waals surface area contributed by atoms with Crippen molar-refractivity contribution in [2.24, 2.45) is 0 Å². The van der Waals surface area contributed by atoms with Crippen molar-refractivity contribution in [2.45, 2.75) is 108 Å². The zero-order valence-corrected chi connectivity index (χ0v) is 33.0. The molecule has 0 bridgehead atoms. The van der Waals surface area contributed by atoms with Crippen LogP contribution in [0.2, 0.25) is 0 Å². The van der Waals surface area contributed by atoms with Gasteiger partial charge in [-0.15, -0.1) is 56.9 Å². The van der Waals surface area contributed by atoms with Gasteiger partial charge in [0.25, 0.3) is 0 Å². The summed E-state index contributed by atoms with van der Waals surface area (Å²) in [6.45, 7) is 16.5. The number of rotatable bonds is 8. The van der Waals surface area contributed by atoms with Crippen LogP contribution in [-0.2, 0) is 32.7 Å². The first-order valence-corrected chi connectivity index (χ1v) is 19.3. The van der Waals surface area contributed by atoms with Crippen LogP contribution in [0.4, 0.5) is 0 Å². The zero-order valence-electron chi connectivity index (χ0n) is 29.6. The van der Waals surface area contributed by atoms with Crippen LogP contribution in [0.1, 0.15) is 100 Å². The van der Waals surface area contributed by atoms with Crippen molar-refractivity contribution >= 4 is 7.92 Å². The molecule has 2 aliphatic rings. The monoisotopic (exact) mass is 735 g/mol. The Hall–Kier alpha value is -2.28. The average molecular weight is 737 g/mol. The summed E-state index contributed by atoms with van der Waals surface area (Å²) >= 11 is 0. The van der Waals surface area contributed by atoms with Gasteiger partial charge >= 0.3 is 0 Å². The molecule has 0 N–H and O–H groups in total. The average Bonchev–Trinajstić information content (AvgIpc) is 3.10. The maximum Gasteiger partial charge on any atom is 0 e. The van der Waals surface area contributed by atoms with Crippen LogP contribution in [0, 0.1) is 20.8 Å². The molecule has 0 saturated heterocycles. The van der Waals surface area contributed by atoms with E-state index in [4.69, 9.17) is 10.6 Å². The smallest absolute Gasteiger partial charge is 0 e. The molecule has 2 aliphatic carbocycles. The molecule has 0 aromatic heterocycles. The molecule has 0 aliphatic heterocycles. The van der Waals surface area contributed by atoms with Gasteiger partial charge in [-0.2, -0.15) is 73.9 Å². The molecule has 4 aromatic carbocycles. The van der Waals surface area contributed by atoms with E-state index in [1.54, 1.807) is 0 Å². The summed E-state index contributed by atoms with van der Waals surface area (Å²) in [6, 6.07) is 40.8. The van der Waals surface area contributed by atoms with Gasteiger partial charge in [-0.1, -0.05) is 106 Å². The largest absolute Gasteiger partial charge is 0.672 e. The van der Waals surface area contributed by atoms with E-state index in [2.05, 4.69) is 65.0 Å². The third kappa shape index (κ3) is 17.9. The van der Waals surface area contributed by atoms with Crippen molar-refractivity contribution in [3.8, 4) is 0 Å². The molecule has 4 aromatic rings. The second kappa shape index (κ2) is 25.7. The first-order chi connectivity index (χ1) is 22.9. The van der Waals surface area contributed by atoms with E-state index in [-0.39, 0.29) is 40.0 Å². The summed E-state index contributed by atoms with van der Waals surface area (Å²) in [4.78, 5) is 0. The van der Waals surface area contributed by atoms with Gasteiger partial charge in [0.1, 0.15) is 0 Å². The Bertz CT molecular complexity index is 1170. The summed E-state index contributed by atoms with van der Waals surface area (Å²) in [5, 5.41) is 10.5. The second-order valence-corrected chi connectivity index (χ2v) is 15.7. The number of benzene rings is 4. The fraction of sp³-hybridized carbons (Fsp3) is 0.386. The van der Waals surface area contributed by atoms with Crippen LogP contribution in [0.25, 0.3) is 10.6 Å². The van der Waals surface area contributed by atoms with Crippen LogP contribution < -0.4 is 0 Å². The summed E-state index contributed by atoms with van der Waals surface area (Å²) in [6.07, 6.45) is 14.4. The molecule has 1 atom stereocenters. The molecule has 0 heterocycles. The maximum atomic E-state index is 5.25. The van der Waals surface area contributed by atoms with Crippen LogP contribution in [0.15, 0.2) is 121 Å². The minimum absolute atomic E-state index is 0. The molecule has 0 amide bonds. The molecule has 2 saturated carbocycles. The van der Waals surface area contributed by atoms with Gasteiger partial charge in [-0.05, 0) is 37.0 Å². The van der Waals surface area contributed by atoms with Gasteiger partial charge in [0.15, 0.2) is 0 Å². The van der Waals surface area contributed by atoms with Gasteiger partial charge in [0.2, 0.25) is 0 Å². The van der Waals surface area contributed by atoms with E-state index in [0.29, 0.717) is 6.04 Å². The zero-order chi connectivity index (χ0) is 33.5. The predicted octanol–water partition coefficient (Wildman–Crippen LogP) is 13.4. The van der Waals surface area contributed by atoms with Crippen LogP contribution >= 0.6 is 7.92 Å². The second-order valence-electron chi connectivity index (χ2n) is 12.9. The standard InChI is InChI=1S/C23H37N2P.3C7H7.Zr/c1-19(2)25-23(24-18-20-12-6-3-7-13-20)26(21-14-8-4-9-15-21)22-16-10-5-11-17-22;3*1-7-5-3-2-4-6-7;/h3,6-7,12-13,19,21-23H,4-5,8-11,14-18H2,1-2H3;3*2-6H,1H2;/q-2;3*-1;. The summed E-state index contributed by atoms with van der Waals surface area (Å²) in [5.74, 6) is 0.261. The van der Waals surface area contributed by atoms with Gasteiger partial charge < -0.3 is 10.6 Å². The Labute approximate surface area is 315 Å². The van der Waals surface area contributed by atoms with Crippen LogP contribution in [0.3, 0.4) is 0 Å². The van der Waals surface area contributed by atoms with E-state index in [1.807, 2.05) is 91.0 Å². The van der Waals surface area contributed by atoms with Crippen molar-refractivity contribution < 1.29 is 26.2 Å². The van der Waals surface area contributed by atoms with Crippen molar-refractivity contribution in [2.75, 3.05) is 0 Å². The Morgan fingerprint density at radius 3 is 1.17 bits per heavy atom. The SMILES string of the molecule is CC(C)[N-]C([N-]Cc1ccccc1)P(C1CCCCC1)C1CCCCC1.[CH2-]c1ccccc1.[CH2-]c1ccccc1.[CH2-]c1ccccc1.[Zr]. The molecule has 48 heavy (non-hydrogen) atoms. The molecule has 0 radical (unpaired) electrons. The van der Waals surface area contributed by atoms with Gasteiger partial charge in [0.05, 0.1) is 0 Å². The third-order valence-corrected chi connectivity index (χ3v) is 12.0. The molecule has 1 unspecified atom stereocenters. The van der Waals surface area contributed by atoms with Gasteiger partial charge in [-0.25, -0.2) is 5.91 Å². The Morgan fingerprint density at radius 1 is 0.542 bits per heavy atom. The van der Waals surface area contributed by atoms with Crippen LogP contribution in [0.5, 0.6) is 0 Å². The first-order valence-electron chi connectivity index (χ1n) is 17.7. The summed E-state index contributed by atoms with van der Waals surface area (Å²) < 4.78 is 0. The third-order valence-electron chi connectivity index (χ3n) is 8.50. The number of nitrogens with zero attached hydrogens (tertiary/aromatic N) is 2. The van der Waals surface area contributed by atoms with E-state index < -0.39 is 0 Å².